The van der Waals surface area contributed by atoms with Crippen LogP contribution in [0.5, 0.6) is 0 Å². The third kappa shape index (κ3) is 4.00. The van der Waals surface area contributed by atoms with Gasteiger partial charge in [-0.3, -0.25) is 9.59 Å². The molecule has 1 aromatic rings. The van der Waals surface area contributed by atoms with Gasteiger partial charge in [-0.15, -0.1) is 0 Å². The van der Waals surface area contributed by atoms with Crippen molar-refractivity contribution in [3.05, 3.63) is 29.8 Å². The highest BCUT2D eigenvalue weighted by atomic mass is 19.1. The zero-order chi connectivity index (χ0) is 16.3. The first-order chi connectivity index (χ1) is 10.4. The maximum absolute atomic E-state index is 13.0. The first kappa shape index (κ1) is 16.4. The molecule has 1 atom stereocenters. The van der Waals surface area contributed by atoms with Crippen LogP contribution in [0.4, 0.5) is 14.5 Å². The molecule has 120 valence electrons. The molecule has 7 heteroatoms. The van der Waals surface area contributed by atoms with Gasteiger partial charge in [-0.1, -0.05) is 6.92 Å². The van der Waals surface area contributed by atoms with Gasteiger partial charge >= 0.3 is 0 Å². The molecule has 1 aliphatic heterocycles. The zero-order valence-electron chi connectivity index (χ0n) is 12.5. The second-order valence-corrected chi connectivity index (χ2v) is 5.61. The molecule has 2 N–H and O–H groups in total. The van der Waals surface area contributed by atoms with Crippen LogP contribution in [0.3, 0.4) is 0 Å². The van der Waals surface area contributed by atoms with Crippen molar-refractivity contribution in [3.63, 3.8) is 0 Å². The largest absolute Gasteiger partial charge is 0.336 e. The van der Waals surface area contributed by atoms with Crippen LogP contribution in [-0.2, 0) is 9.59 Å². The molecule has 0 aliphatic carbocycles. The van der Waals surface area contributed by atoms with Gasteiger partial charge in [0.2, 0.25) is 11.8 Å². The number of nitrogens with one attached hydrogen (secondary N) is 2. The molecule has 0 aromatic heterocycles. The number of benzene rings is 1. The van der Waals surface area contributed by atoms with Crippen LogP contribution in [0.15, 0.2) is 18.2 Å². The Morgan fingerprint density at radius 3 is 2.41 bits per heavy atom. The fourth-order valence-corrected chi connectivity index (χ4v) is 2.33. The number of nitrogens with zero attached hydrogens (tertiary/aromatic N) is 1. The first-order valence-electron chi connectivity index (χ1n) is 7.08. The minimum atomic E-state index is -0.772. The van der Waals surface area contributed by atoms with E-state index in [0.29, 0.717) is 0 Å². The predicted molar refractivity (Wildman–Crippen MR) is 78.1 cm³/mol. The molecular weight excluding hydrogens is 292 g/mol. The Balaban J connectivity index is 1.89. The van der Waals surface area contributed by atoms with Gasteiger partial charge in [0.15, 0.2) is 0 Å². The van der Waals surface area contributed by atoms with Crippen LogP contribution in [0.1, 0.15) is 6.92 Å². The highest BCUT2D eigenvalue weighted by molar-refractivity contribution is 5.94. The van der Waals surface area contributed by atoms with Gasteiger partial charge in [0, 0.05) is 24.7 Å². The van der Waals surface area contributed by atoms with Gasteiger partial charge in [0.1, 0.15) is 11.6 Å². The van der Waals surface area contributed by atoms with E-state index in [1.807, 2.05) is 6.92 Å². The van der Waals surface area contributed by atoms with Crippen LogP contribution in [0, 0.1) is 23.5 Å². The number of halogens is 2. The fraction of sp³-hybridized carbons (Fsp3) is 0.467. The Morgan fingerprint density at radius 1 is 1.32 bits per heavy atom. The van der Waals surface area contributed by atoms with Crippen molar-refractivity contribution >= 4 is 17.5 Å². The molecule has 2 amide bonds. The maximum atomic E-state index is 13.0. The van der Waals surface area contributed by atoms with Crippen molar-refractivity contribution in [1.29, 1.82) is 0 Å². The number of carbonyl (C=O) groups excluding carboxylic acids is 2. The molecule has 1 heterocycles. The van der Waals surface area contributed by atoms with Gasteiger partial charge in [-0.25, -0.2) is 8.78 Å². The van der Waals surface area contributed by atoms with Gasteiger partial charge in [0.05, 0.1) is 6.54 Å². The summed E-state index contributed by atoms with van der Waals surface area (Å²) in [5, 5.41) is 5.48. The van der Waals surface area contributed by atoms with E-state index in [1.165, 1.54) is 11.9 Å². The van der Waals surface area contributed by atoms with Crippen molar-refractivity contribution in [2.45, 2.75) is 6.92 Å². The minimum absolute atomic E-state index is 0.0274. The molecule has 0 radical (unpaired) electrons. The summed E-state index contributed by atoms with van der Waals surface area (Å²) in [6.45, 7) is 3.27. The first-order valence-corrected chi connectivity index (χ1v) is 7.08. The second-order valence-electron chi connectivity index (χ2n) is 5.61. The highest BCUT2D eigenvalue weighted by Gasteiger charge is 2.30. The van der Waals surface area contributed by atoms with Gasteiger partial charge in [-0.05, 0) is 31.1 Å². The Morgan fingerprint density at radius 2 is 1.91 bits per heavy atom. The summed E-state index contributed by atoms with van der Waals surface area (Å²) in [5.41, 5.74) is 0.0274. The number of amides is 2. The SMILES string of the molecule is CC(C(=O)N(C)CC(=O)Nc1cc(F)cc(F)c1)C1CNC1. The number of carbonyl (C=O) groups is 2. The summed E-state index contributed by atoms with van der Waals surface area (Å²) in [7, 11) is 1.54. The molecule has 0 bridgehead atoms. The maximum Gasteiger partial charge on any atom is 0.243 e. The summed E-state index contributed by atoms with van der Waals surface area (Å²) in [5.74, 6) is -2.04. The molecule has 1 fully saturated rings. The minimum Gasteiger partial charge on any atom is -0.336 e. The van der Waals surface area contributed by atoms with Crippen molar-refractivity contribution < 1.29 is 18.4 Å². The summed E-state index contributed by atoms with van der Waals surface area (Å²) in [6.07, 6.45) is 0. The molecule has 5 nitrogen and oxygen atoms in total. The predicted octanol–water partition coefficient (Wildman–Crippen LogP) is 1.22. The van der Waals surface area contributed by atoms with E-state index in [2.05, 4.69) is 10.6 Å². The second kappa shape index (κ2) is 6.83. The molecule has 1 unspecified atom stereocenters. The van der Waals surface area contributed by atoms with Gasteiger partial charge in [-0.2, -0.15) is 0 Å². The van der Waals surface area contributed by atoms with Crippen LogP contribution in [-0.4, -0.2) is 43.4 Å². The van der Waals surface area contributed by atoms with E-state index in [0.717, 1.165) is 31.3 Å². The number of anilines is 1. The highest BCUT2D eigenvalue weighted by Crippen LogP contribution is 2.18. The molecular formula is C15H19F2N3O2. The monoisotopic (exact) mass is 311 g/mol. The normalized spacial score (nSPS) is 15.8. The average Bonchev–Trinajstić information content (AvgIpc) is 2.33. The quantitative estimate of drug-likeness (QED) is 0.859. The zero-order valence-corrected chi connectivity index (χ0v) is 12.5. The van der Waals surface area contributed by atoms with E-state index >= 15 is 0 Å². The average molecular weight is 311 g/mol. The van der Waals surface area contributed by atoms with E-state index in [1.54, 1.807) is 0 Å². The number of likely N-dealkylation sites (N-methyl/N-ethyl adjacent to an activating group) is 1. The number of hydrogen-bond donors (Lipinski definition) is 2. The Labute approximate surface area is 127 Å². The molecule has 1 aliphatic rings. The van der Waals surface area contributed by atoms with E-state index in [4.69, 9.17) is 0 Å². The molecule has 0 spiro atoms. The summed E-state index contributed by atoms with van der Waals surface area (Å²) in [6, 6.07) is 2.76. The van der Waals surface area contributed by atoms with Crippen molar-refractivity contribution in [1.82, 2.24) is 10.2 Å². The third-order valence-corrected chi connectivity index (χ3v) is 3.81. The van der Waals surface area contributed by atoms with E-state index in [9.17, 15) is 18.4 Å². The smallest absolute Gasteiger partial charge is 0.243 e. The van der Waals surface area contributed by atoms with Crippen LogP contribution in [0.25, 0.3) is 0 Å². The fourth-order valence-electron chi connectivity index (χ4n) is 2.33. The summed E-state index contributed by atoms with van der Waals surface area (Å²) >= 11 is 0. The molecule has 1 aromatic carbocycles. The number of hydrogen-bond acceptors (Lipinski definition) is 3. The van der Waals surface area contributed by atoms with Crippen molar-refractivity contribution in [3.8, 4) is 0 Å². The van der Waals surface area contributed by atoms with Crippen molar-refractivity contribution in [2.75, 3.05) is 32.0 Å². The topological polar surface area (TPSA) is 61.4 Å². The van der Waals surface area contributed by atoms with Gasteiger partial charge < -0.3 is 15.5 Å². The Kier molecular flexibility index (Phi) is 5.07. The van der Waals surface area contributed by atoms with Gasteiger partial charge in [0.25, 0.3) is 0 Å². The molecule has 1 saturated heterocycles. The number of rotatable bonds is 5. The van der Waals surface area contributed by atoms with Crippen molar-refractivity contribution in [2.24, 2.45) is 11.8 Å². The lowest BCUT2D eigenvalue weighted by molar-refractivity contribution is -0.138. The lowest BCUT2D eigenvalue weighted by atomic mass is 9.88. The molecule has 2 rings (SSSR count). The third-order valence-electron chi connectivity index (χ3n) is 3.81. The lowest BCUT2D eigenvalue weighted by Crippen LogP contribution is -2.50. The molecule has 22 heavy (non-hydrogen) atoms. The van der Waals surface area contributed by atoms with Crippen LogP contribution >= 0.6 is 0 Å². The van der Waals surface area contributed by atoms with E-state index in [-0.39, 0.29) is 30.0 Å². The standard InChI is InChI=1S/C15H19F2N3O2/c1-9(10-6-18-7-10)15(22)20(2)8-14(21)19-13-4-11(16)3-12(17)5-13/h3-5,9-10,18H,6-8H2,1-2H3,(H,19,21). The van der Waals surface area contributed by atoms with Crippen LogP contribution < -0.4 is 10.6 Å². The Hall–Kier alpha value is -2.02. The lowest BCUT2D eigenvalue weighted by Gasteiger charge is -2.33. The summed E-state index contributed by atoms with van der Waals surface area (Å²) in [4.78, 5) is 25.4. The van der Waals surface area contributed by atoms with E-state index < -0.39 is 17.5 Å². The summed E-state index contributed by atoms with van der Waals surface area (Å²) < 4.78 is 26.1. The van der Waals surface area contributed by atoms with Crippen LogP contribution in [0.2, 0.25) is 0 Å². The Bertz CT molecular complexity index is 556. The molecule has 0 saturated carbocycles.